The fourth-order valence-corrected chi connectivity index (χ4v) is 3.93. The first-order valence-corrected chi connectivity index (χ1v) is 8.91. The average molecular weight is 368 g/mol. The van der Waals surface area contributed by atoms with E-state index in [1.807, 2.05) is 16.7 Å². The first-order chi connectivity index (χ1) is 12.6. The van der Waals surface area contributed by atoms with Crippen LogP contribution in [0.3, 0.4) is 0 Å². The maximum atomic E-state index is 12.7. The Kier molecular flexibility index (Phi) is 5.23. The molecule has 0 radical (unpaired) electrons. The average Bonchev–Trinajstić information content (AvgIpc) is 3.00. The summed E-state index contributed by atoms with van der Waals surface area (Å²) in [5.41, 5.74) is 2.67. The van der Waals surface area contributed by atoms with Crippen molar-refractivity contribution in [3.05, 3.63) is 65.0 Å². The monoisotopic (exact) mass is 368 g/mol. The van der Waals surface area contributed by atoms with Crippen LogP contribution < -0.4 is 14.3 Å². The SMILES string of the molecule is C=CCn1c(=NC(=O)c2ccc(OC)c(OC)c2)sc2cccc(C)c21. The summed E-state index contributed by atoms with van der Waals surface area (Å²) in [4.78, 5) is 17.7. The molecule has 3 rings (SSSR count). The predicted molar refractivity (Wildman–Crippen MR) is 104 cm³/mol. The standard InChI is InChI=1S/C20H20N2O3S/c1-5-11-22-18-13(2)7-6-8-17(18)26-20(22)21-19(23)14-9-10-15(24-3)16(12-14)25-4/h5-10,12H,1,11H2,2-4H3. The van der Waals surface area contributed by atoms with Gasteiger partial charge in [-0.15, -0.1) is 6.58 Å². The van der Waals surface area contributed by atoms with Gasteiger partial charge in [-0.3, -0.25) is 4.79 Å². The third-order valence-corrected chi connectivity index (χ3v) is 5.09. The molecule has 0 N–H and O–H groups in total. The van der Waals surface area contributed by atoms with Crippen molar-refractivity contribution in [2.45, 2.75) is 13.5 Å². The predicted octanol–water partition coefficient (Wildman–Crippen LogP) is 3.96. The van der Waals surface area contributed by atoms with E-state index in [2.05, 4.69) is 24.6 Å². The molecule has 0 aliphatic carbocycles. The lowest BCUT2D eigenvalue weighted by molar-refractivity contribution is 0.0997. The number of ether oxygens (including phenoxy) is 2. The second-order valence-corrected chi connectivity index (χ2v) is 6.70. The van der Waals surface area contributed by atoms with Gasteiger partial charge in [0, 0.05) is 12.1 Å². The summed E-state index contributed by atoms with van der Waals surface area (Å²) in [6, 6.07) is 11.1. The van der Waals surface area contributed by atoms with Crippen LogP contribution in [0, 0.1) is 6.92 Å². The van der Waals surface area contributed by atoms with Gasteiger partial charge in [-0.25, -0.2) is 0 Å². The van der Waals surface area contributed by atoms with Crippen LogP contribution in [0.1, 0.15) is 15.9 Å². The lowest BCUT2D eigenvalue weighted by Crippen LogP contribution is -2.16. The molecule has 134 valence electrons. The Morgan fingerprint density at radius 2 is 2.00 bits per heavy atom. The summed E-state index contributed by atoms with van der Waals surface area (Å²) >= 11 is 1.49. The van der Waals surface area contributed by atoms with E-state index in [9.17, 15) is 4.79 Å². The van der Waals surface area contributed by atoms with Crippen molar-refractivity contribution in [1.82, 2.24) is 4.57 Å². The van der Waals surface area contributed by atoms with Crippen LogP contribution in [-0.2, 0) is 6.54 Å². The molecular weight excluding hydrogens is 348 g/mol. The van der Waals surface area contributed by atoms with Crippen molar-refractivity contribution in [1.29, 1.82) is 0 Å². The third-order valence-electron chi connectivity index (χ3n) is 4.04. The lowest BCUT2D eigenvalue weighted by Gasteiger charge is -2.07. The number of aromatic nitrogens is 1. The zero-order valence-corrected chi connectivity index (χ0v) is 15.8. The number of allylic oxidation sites excluding steroid dienone is 1. The van der Waals surface area contributed by atoms with Crippen LogP contribution in [0.15, 0.2) is 54.0 Å². The van der Waals surface area contributed by atoms with Crippen molar-refractivity contribution in [3.63, 3.8) is 0 Å². The molecule has 26 heavy (non-hydrogen) atoms. The molecule has 0 bridgehead atoms. The Balaban J connectivity index is 2.12. The van der Waals surface area contributed by atoms with Crippen LogP contribution in [0.4, 0.5) is 0 Å². The Morgan fingerprint density at radius 3 is 2.69 bits per heavy atom. The molecule has 1 heterocycles. The molecule has 6 heteroatoms. The quantitative estimate of drug-likeness (QED) is 0.641. The highest BCUT2D eigenvalue weighted by Gasteiger charge is 2.12. The van der Waals surface area contributed by atoms with Gasteiger partial charge in [0.15, 0.2) is 16.3 Å². The van der Waals surface area contributed by atoms with Crippen LogP contribution in [0.2, 0.25) is 0 Å². The number of nitrogens with zero attached hydrogens (tertiary/aromatic N) is 2. The van der Waals surface area contributed by atoms with E-state index >= 15 is 0 Å². The molecule has 0 unspecified atom stereocenters. The van der Waals surface area contributed by atoms with E-state index in [0.717, 1.165) is 15.8 Å². The Morgan fingerprint density at radius 1 is 1.23 bits per heavy atom. The number of fused-ring (bicyclic) bond motifs is 1. The fraction of sp³-hybridized carbons (Fsp3) is 0.200. The number of amides is 1. The zero-order chi connectivity index (χ0) is 18.7. The molecule has 1 amide bonds. The number of methoxy groups -OCH3 is 2. The van der Waals surface area contributed by atoms with Crippen LogP contribution in [0.25, 0.3) is 10.2 Å². The highest BCUT2D eigenvalue weighted by atomic mass is 32.1. The summed E-state index contributed by atoms with van der Waals surface area (Å²) < 4.78 is 13.6. The number of rotatable bonds is 5. The normalized spacial score (nSPS) is 11.6. The summed E-state index contributed by atoms with van der Waals surface area (Å²) in [6.07, 6.45) is 1.80. The number of hydrogen-bond acceptors (Lipinski definition) is 4. The number of para-hydroxylation sites is 1. The van der Waals surface area contributed by atoms with Crippen LogP contribution in [-0.4, -0.2) is 24.7 Å². The molecule has 1 aromatic heterocycles. The minimum atomic E-state index is -0.326. The summed E-state index contributed by atoms with van der Waals surface area (Å²) in [5.74, 6) is 0.746. The molecule has 0 aliphatic heterocycles. The lowest BCUT2D eigenvalue weighted by atomic mass is 10.2. The molecule has 2 aromatic carbocycles. The van der Waals surface area contributed by atoms with E-state index in [1.165, 1.54) is 18.4 Å². The zero-order valence-electron chi connectivity index (χ0n) is 15.0. The molecule has 0 saturated carbocycles. The summed E-state index contributed by atoms with van der Waals surface area (Å²) in [5, 5.41) is 0. The molecule has 0 spiro atoms. The van der Waals surface area contributed by atoms with Gasteiger partial charge in [0.05, 0.1) is 24.4 Å². The largest absolute Gasteiger partial charge is 0.493 e. The van der Waals surface area contributed by atoms with Gasteiger partial charge < -0.3 is 14.0 Å². The minimum Gasteiger partial charge on any atom is -0.493 e. The third kappa shape index (κ3) is 3.28. The van der Waals surface area contributed by atoms with Gasteiger partial charge in [0.1, 0.15) is 0 Å². The number of aryl methyl sites for hydroxylation is 1. The Bertz CT molecular complexity index is 1050. The van der Waals surface area contributed by atoms with Gasteiger partial charge in [-0.1, -0.05) is 29.5 Å². The molecule has 0 atom stereocenters. The van der Waals surface area contributed by atoms with Crippen molar-refractivity contribution in [2.75, 3.05) is 14.2 Å². The Labute approximate surface area is 155 Å². The first-order valence-electron chi connectivity index (χ1n) is 8.10. The molecule has 5 nitrogen and oxygen atoms in total. The van der Waals surface area contributed by atoms with E-state index in [1.54, 1.807) is 31.4 Å². The Hall–Kier alpha value is -2.86. The van der Waals surface area contributed by atoms with Crippen LogP contribution in [0.5, 0.6) is 11.5 Å². The van der Waals surface area contributed by atoms with E-state index in [-0.39, 0.29) is 5.91 Å². The van der Waals surface area contributed by atoms with Gasteiger partial charge in [-0.05, 0) is 36.8 Å². The maximum absolute atomic E-state index is 12.7. The van der Waals surface area contributed by atoms with Gasteiger partial charge >= 0.3 is 0 Å². The van der Waals surface area contributed by atoms with Gasteiger partial charge in [0.25, 0.3) is 5.91 Å². The number of hydrogen-bond donors (Lipinski definition) is 0. The number of thiazole rings is 1. The van der Waals surface area contributed by atoms with Gasteiger partial charge in [-0.2, -0.15) is 4.99 Å². The molecule has 0 fully saturated rings. The maximum Gasteiger partial charge on any atom is 0.279 e. The first kappa shape index (κ1) is 17.9. The second kappa shape index (κ2) is 7.58. The number of carbonyl (C=O) groups is 1. The highest BCUT2D eigenvalue weighted by molar-refractivity contribution is 7.16. The second-order valence-electron chi connectivity index (χ2n) is 5.69. The van der Waals surface area contributed by atoms with E-state index in [4.69, 9.17) is 9.47 Å². The summed E-state index contributed by atoms with van der Waals surface area (Å²) in [6.45, 7) is 6.46. The molecule has 0 aliphatic rings. The van der Waals surface area contributed by atoms with Crippen molar-refractivity contribution >= 4 is 27.5 Å². The molecule has 3 aromatic rings. The highest BCUT2D eigenvalue weighted by Crippen LogP contribution is 2.28. The van der Waals surface area contributed by atoms with Crippen molar-refractivity contribution in [2.24, 2.45) is 4.99 Å². The topological polar surface area (TPSA) is 52.8 Å². The van der Waals surface area contributed by atoms with E-state index < -0.39 is 0 Å². The van der Waals surface area contributed by atoms with Crippen molar-refractivity contribution in [3.8, 4) is 11.5 Å². The summed E-state index contributed by atoms with van der Waals surface area (Å²) in [7, 11) is 3.09. The van der Waals surface area contributed by atoms with Gasteiger partial charge in [0.2, 0.25) is 0 Å². The fourth-order valence-electron chi connectivity index (χ4n) is 2.81. The number of benzene rings is 2. The number of carbonyl (C=O) groups excluding carboxylic acids is 1. The van der Waals surface area contributed by atoms with Crippen LogP contribution >= 0.6 is 11.3 Å². The van der Waals surface area contributed by atoms with E-state index in [0.29, 0.717) is 28.4 Å². The minimum absolute atomic E-state index is 0.326. The molecule has 0 saturated heterocycles. The molecular formula is C20H20N2O3S. The smallest absolute Gasteiger partial charge is 0.279 e. The van der Waals surface area contributed by atoms with Crippen molar-refractivity contribution < 1.29 is 14.3 Å².